The first-order chi connectivity index (χ1) is 7.74. The van der Waals surface area contributed by atoms with Crippen LogP contribution in [0.3, 0.4) is 0 Å². The Bertz CT molecular complexity index is 346. The van der Waals surface area contributed by atoms with Gasteiger partial charge < -0.3 is 5.32 Å². The normalized spacial score (nSPS) is 9.81. The first kappa shape index (κ1) is 12.4. The Morgan fingerprint density at radius 3 is 2.50 bits per heavy atom. The number of rotatable bonds is 6. The smallest absolute Gasteiger partial charge is 0.287 e. The van der Waals surface area contributed by atoms with Gasteiger partial charge in [-0.2, -0.15) is 0 Å². The van der Waals surface area contributed by atoms with E-state index in [-0.39, 0.29) is 5.78 Å². The van der Waals surface area contributed by atoms with Crippen LogP contribution in [-0.2, 0) is 16.1 Å². The fourth-order valence-electron chi connectivity index (χ4n) is 1.33. The van der Waals surface area contributed by atoms with Gasteiger partial charge in [-0.3, -0.25) is 9.59 Å². The molecule has 0 unspecified atom stereocenters. The number of ketones is 1. The summed E-state index contributed by atoms with van der Waals surface area (Å²) in [5, 5.41) is 2.62. The van der Waals surface area contributed by atoms with E-state index < -0.39 is 5.91 Å². The number of carbonyl (C=O) groups excluding carboxylic acids is 2. The molecule has 0 radical (unpaired) electrons. The molecule has 0 aliphatic rings. The Balaban J connectivity index is 2.32. The van der Waals surface area contributed by atoms with Crippen LogP contribution in [-0.4, -0.2) is 11.7 Å². The average molecular weight is 219 g/mol. The summed E-state index contributed by atoms with van der Waals surface area (Å²) in [6.45, 7) is 2.41. The topological polar surface area (TPSA) is 46.2 Å². The van der Waals surface area contributed by atoms with E-state index in [1.807, 2.05) is 37.3 Å². The van der Waals surface area contributed by atoms with Crippen molar-refractivity contribution in [1.82, 2.24) is 5.32 Å². The monoisotopic (exact) mass is 219 g/mol. The molecule has 0 bridgehead atoms. The van der Waals surface area contributed by atoms with Crippen molar-refractivity contribution in [3.05, 3.63) is 35.9 Å². The predicted molar refractivity (Wildman–Crippen MR) is 62.8 cm³/mol. The lowest BCUT2D eigenvalue weighted by Gasteiger charge is -2.03. The predicted octanol–water partition coefficient (Wildman–Crippen LogP) is 2.06. The largest absolute Gasteiger partial charge is 0.345 e. The minimum absolute atomic E-state index is 0.321. The van der Waals surface area contributed by atoms with Crippen LogP contribution < -0.4 is 5.32 Å². The minimum atomic E-state index is -0.475. The molecule has 1 amide bonds. The number of carbonyl (C=O) groups is 2. The molecule has 0 aliphatic heterocycles. The van der Waals surface area contributed by atoms with Crippen molar-refractivity contribution in [3.8, 4) is 0 Å². The van der Waals surface area contributed by atoms with Gasteiger partial charge in [0.25, 0.3) is 5.91 Å². The van der Waals surface area contributed by atoms with E-state index in [9.17, 15) is 9.59 Å². The summed E-state index contributed by atoms with van der Waals surface area (Å²) in [7, 11) is 0. The number of benzene rings is 1. The van der Waals surface area contributed by atoms with E-state index in [4.69, 9.17) is 0 Å². The van der Waals surface area contributed by atoms with Crippen molar-refractivity contribution in [1.29, 1.82) is 0 Å². The van der Waals surface area contributed by atoms with Crippen LogP contribution in [0, 0.1) is 0 Å². The summed E-state index contributed by atoms with van der Waals surface area (Å²) in [5.74, 6) is -0.796. The molecule has 0 saturated heterocycles. The molecule has 86 valence electrons. The quantitative estimate of drug-likeness (QED) is 0.744. The third-order valence-electron chi connectivity index (χ3n) is 2.31. The SMILES string of the molecule is CCCCC(=O)C(=O)NCc1ccccc1. The van der Waals surface area contributed by atoms with E-state index in [0.717, 1.165) is 18.4 Å². The van der Waals surface area contributed by atoms with Crippen LogP contribution in [0.25, 0.3) is 0 Å². The first-order valence-electron chi connectivity index (χ1n) is 5.59. The third kappa shape index (κ3) is 4.26. The standard InChI is InChI=1S/C13H17NO2/c1-2-3-9-12(15)13(16)14-10-11-7-5-4-6-8-11/h4-8H,2-3,9-10H2,1H3,(H,14,16). The van der Waals surface area contributed by atoms with Gasteiger partial charge >= 0.3 is 0 Å². The lowest BCUT2D eigenvalue weighted by atomic mass is 10.1. The molecule has 3 heteroatoms. The fraction of sp³-hybridized carbons (Fsp3) is 0.385. The Morgan fingerprint density at radius 2 is 1.88 bits per heavy atom. The van der Waals surface area contributed by atoms with Crippen LogP contribution in [0.15, 0.2) is 30.3 Å². The van der Waals surface area contributed by atoms with Gasteiger partial charge in [0.2, 0.25) is 5.78 Å². The fourth-order valence-corrected chi connectivity index (χ4v) is 1.33. The van der Waals surface area contributed by atoms with Crippen LogP contribution >= 0.6 is 0 Å². The molecule has 0 fully saturated rings. The maximum Gasteiger partial charge on any atom is 0.287 e. The number of amides is 1. The molecule has 0 aromatic heterocycles. The molecule has 0 spiro atoms. The summed E-state index contributed by atoms with van der Waals surface area (Å²) in [6, 6.07) is 9.55. The van der Waals surface area contributed by atoms with Gasteiger partial charge in [0, 0.05) is 13.0 Å². The van der Waals surface area contributed by atoms with Crippen molar-refractivity contribution in [3.63, 3.8) is 0 Å². The van der Waals surface area contributed by atoms with Gasteiger partial charge in [0.05, 0.1) is 0 Å². The van der Waals surface area contributed by atoms with E-state index >= 15 is 0 Å². The molecule has 1 aromatic carbocycles. The minimum Gasteiger partial charge on any atom is -0.345 e. The summed E-state index contributed by atoms with van der Waals surface area (Å²) in [5.41, 5.74) is 0.999. The number of hydrogen-bond acceptors (Lipinski definition) is 2. The highest BCUT2D eigenvalue weighted by molar-refractivity contribution is 6.36. The molecule has 0 heterocycles. The Labute approximate surface area is 95.9 Å². The van der Waals surface area contributed by atoms with Crippen molar-refractivity contribution >= 4 is 11.7 Å². The highest BCUT2D eigenvalue weighted by Crippen LogP contribution is 1.98. The molecule has 0 atom stereocenters. The maximum atomic E-state index is 11.4. The van der Waals surface area contributed by atoms with Gasteiger partial charge in [-0.25, -0.2) is 0 Å². The van der Waals surface area contributed by atoms with Gasteiger partial charge in [-0.15, -0.1) is 0 Å². The highest BCUT2D eigenvalue weighted by atomic mass is 16.2. The molecule has 3 nitrogen and oxygen atoms in total. The summed E-state index contributed by atoms with van der Waals surface area (Å²) in [4.78, 5) is 22.7. The molecular formula is C13H17NO2. The second-order valence-electron chi connectivity index (χ2n) is 3.70. The zero-order valence-electron chi connectivity index (χ0n) is 9.53. The Kier molecular flexibility index (Phi) is 5.26. The lowest BCUT2D eigenvalue weighted by molar-refractivity contribution is -0.138. The second-order valence-corrected chi connectivity index (χ2v) is 3.70. The van der Waals surface area contributed by atoms with Gasteiger partial charge in [0.15, 0.2) is 0 Å². The molecule has 16 heavy (non-hydrogen) atoms. The molecular weight excluding hydrogens is 202 g/mol. The second kappa shape index (κ2) is 6.77. The summed E-state index contributed by atoms with van der Waals surface area (Å²) in [6.07, 6.45) is 2.05. The first-order valence-corrected chi connectivity index (χ1v) is 5.59. The maximum absolute atomic E-state index is 11.4. The zero-order valence-corrected chi connectivity index (χ0v) is 9.53. The molecule has 0 saturated carbocycles. The average Bonchev–Trinajstić information content (AvgIpc) is 2.34. The summed E-state index contributed by atoms with van der Waals surface area (Å²) < 4.78 is 0. The molecule has 1 rings (SSSR count). The number of unbranched alkanes of at least 4 members (excludes halogenated alkanes) is 1. The van der Waals surface area contributed by atoms with E-state index in [2.05, 4.69) is 5.32 Å². The number of nitrogens with one attached hydrogen (secondary N) is 1. The highest BCUT2D eigenvalue weighted by Gasteiger charge is 2.11. The van der Waals surface area contributed by atoms with Crippen LogP contribution in [0.1, 0.15) is 31.7 Å². The number of hydrogen-bond donors (Lipinski definition) is 1. The summed E-state index contributed by atoms with van der Waals surface area (Å²) >= 11 is 0. The van der Waals surface area contributed by atoms with Crippen molar-refractivity contribution in [2.24, 2.45) is 0 Å². The van der Waals surface area contributed by atoms with Crippen LogP contribution in [0.5, 0.6) is 0 Å². The third-order valence-corrected chi connectivity index (χ3v) is 2.31. The van der Waals surface area contributed by atoms with Gasteiger partial charge in [-0.1, -0.05) is 43.7 Å². The van der Waals surface area contributed by atoms with E-state index in [0.29, 0.717) is 13.0 Å². The molecule has 1 N–H and O–H groups in total. The van der Waals surface area contributed by atoms with Crippen molar-refractivity contribution < 1.29 is 9.59 Å². The van der Waals surface area contributed by atoms with Gasteiger partial charge in [0.1, 0.15) is 0 Å². The van der Waals surface area contributed by atoms with Crippen LogP contribution in [0.2, 0.25) is 0 Å². The molecule has 0 aliphatic carbocycles. The number of Topliss-reactive ketones (excluding diaryl/α,β-unsaturated/α-hetero) is 1. The molecule has 1 aromatic rings. The van der Waals surface area contributed by atoms with Crippen molar-refractivity contribution in [2.45, 2.75) is 32.7 Å². The van der Waals surface area contributed by atoms with Crippen molar-refractivity contribution in [2.75, 3.05) is 0 Å². The van der Waals surface area contributed by atoms with Crippen LogP contribution in [0.4, 0.5) is 0 Å². The lowest BCUT2D eigenvalue weighted by Crippen LogP contribution is -2.30. The zero-order chi connectivity index (χ0) is 11.8. The Hall–Kier alpha value is -1.64. The van der Waals surface area contributed by atoms with Gasteiger partial charge in [-0.05, 0) is 12.0 Å². The Morgan fingerprint density at radius 1 is 1.19 bits per heavy atom. The van der Waals surface area contributed by atoms with E-state index in [1.54, 1.807) is 0 Å². The van der Waals surface area contributed by atoms with E-state index in [1.165, 1.54) is 0 Å².